The van der Waals surface area contributed by atoms with E-state index in [0.29, 0.717) is 59.9 Å². The normalized spacial score (nSPS) is 18.0. The van der Waals surface area contributed by atoms with Crippen LogP contribution in [0.1, 0.15) is 89.5 Å². The Kier molecular flexibility index (Phi) is 10.5. The number of amides is 5. The number of aromatic nitrogens is 4. The molecule has 14 nitrogen and oxygen atoms in total. The Balaban J connectivity index is 0.874. The van der Waals surface area contributed by atoms with Crippen molar-refractivity contribution in [2.24, 2.45) is 0 Å². The summed E-state index contributed by atoms with van der Waals surface area (Å²) in [4.78, 5) is 81.9. The third-order valence-corrected chi connectivity index (χ3v) is 11.8. The average molecular weight is 772 g/mol. The summed E-state index contributed by atoms with van der Waals surface area (Å²) in [5.74, 6) is 1.28. The number of carbonyl (C=O) groups is 5. The topological polar surface area (TPSA) is 185 Å². The lowest BCUT2D eigenvalue weighted by Gasteiger charge is -2.29. The molecule has 5 amide bonds. The van der Waals surface area contributed by atoms with Gasteiger partial charge in [-0.05, 0) is 79.8 Å². The zero-order valence-corrected chi connectivity index (χ0v) is 31.5. The van der Waals surface area contributed by atoms with E-state index >= 15 is 0 Å². The Morgan fingerprint density at radius 2 is 1.79 bits per heavy atom. The first-order chi connectivity index (χ1) is 27.3. The van der Waals surface area contributed by atoms with Gasteiger partial charge in [0, 0.05) is 66.1 Å². The number of unbranched alkanes of at least 4 members (excludes halogenated alkanes) is 2. The number of nitrogen functional groups attached to an aromatic ring is 1. The van der Waals surface area contributed by atoms with E-state index in [4.69, 9.17) is 10.7 Å². The van der Waals surface area contributed by atoms with E-state index in [-0.39, 0.29) is 36.1 Å². The number of nitrogens with zero attached hydrogens (tertiary/aromatic N) is 6. The molecule has 0 bridgehead atoms. The highest BCUT2D eigenvalue weighted by atomic mass is 32.2. The standard InChI is InChI=1S/C41H41N9O5S/c42-37-36-35(25-13-15-26(16-14-25)39(53)45-32-11-3-4-19-43-32)47-38(49(36)22-20-44-37)29-9-7-21-48(29)34(52)12-2-1-5-23-56-31-10-6-8-27-28(31)24-50(41(27)55)30-17-18-33(51)46-40(30)54/h3-4,6,8,10-11,13-16,19-20,22,29-30H,1-2,5,7,9,12,17-18,21,23-24H2,(H2,42,44)(H,43,45,53)(H,46,51,54)/t29-,30?/m0/s1. The van der Waals surface area contributed by atoms with Gasteiger partial charge in [-0.25, -0.2) is 15.0 Å². The number of anilines is 2. The minimum absolute atomic E-state index is 0.0942. The molecule has 15 heteroatoms. The van der Waals surface area contributed by atoms with Crippen LogP contribution in [0.15, 0.2) is 84.1 Å². The summed E-state index contributed by atoms with van der Waals surface area (Å²) in [7, 11) is 0. The molecular weight excluding hydrogens is 731 g/mol. The number of pyridine rings is 1. The minimum Gasteiger partial charge on any atom is -0.382 e. The van der Waals surface area contributed by atoms with Crippen molar-refractivity contribution in [3.63, 3.8) is 0 Å². The highest BCUT2D eigenvalue weighted by Crippen LogP contribution is 2.38. The molecule has 6 heterocycles. The number of hydrogen-bond acceptors (Lipinski definition) is 10. The Hall–Kier alpha value is -6.09. The van der Waals surface area contributed by atoms with Gasteiger partial charge in [-0.2, -0.15) is 0 Å². The molecule has 0 saturated carbocycles. The van der Waals surface area contributed by atoms with E-state index in [9.17, 15) is 24.0 Å². The van der Waals surface area contributed by atoms with Gasteiger partial charge in [0.15, 0.2) is 0 Å². The van der Waals surface area contributed by atoms with Gasteiger partial charge in [-0.3, -0.25) is 33.7 Å². The van der Waals surface area contributed by atoms with E-state index < -0.39 is 11.9 Å². The lowest BCUT2D eigenvalue weighted by molar-refractivity contribution is -0.137. The Morgan fingerprint density at radius 3 is 2.59 bits per heavy atom. The molecule has 3 aliphatic heterocycles. The zero-order chi connectivity index (χ0) is 38.8. The molecule has 286 valence electrons. The van der Waals surface area contributed by atoms with Gasteiger partial charge >= 0.3 is 0 Å². The molecule has 4 N–H and O–H groups in total. The van der Waals surface area contributed by atoms with Crippen LogP contribution in [-0.2, 0) is 20.9 Å². The van der Waals surface area contributed by atoms with Crippen LogP contribution in [0, 0.1) is 0 Å². The molecule has 2 aromatic carbocycles. The van der Waals surface area contributed by atoms with E-state index in [2.05, 4.69) is 20.6 Å². The molecule has 0 radical (unpaired) electrons. The van der Waals surface area contributed by atoms with Crippen molar-refractivity contribution in [1.82, 2.24) is 34.5 Å². The van der Waals surface area contributed by atoms with Gasteiger partial charge in [-0.15, -0.1) is 11.8 Å². The molecule has 3 aliphatic rings. The van der Waals surface area contributed by atoms with E-state index in [1.807, 2.05) is 39.8 Å². The largest absolute Gasteiger partial charge is 0.382 e. The molecular formula is C41H41N9O5S. The summed E-state index contributed by atoms with van der Waals surface area (Å²) >= 11 is 1.69. The fourth-order valence-corrected chi connectivity index (χ4v) is 8.93. The minimum atomic E-state index is -0.639. The van der Waals surface area contributed by atoms with Gasteiger partial charge in [0.1, 0.15) is 34.7 Å². The summed E-state index contributed by atoms with van der Waals surface area (Å²) in [6.07, 6.45) is 10.2. The number of likely N-dealkylation sites (tertiary alicyclic amines) is 1. The number of nitrogens with two attached hydrogens (primary N) is 1. The van der Waals surface area contributed by atoms with Gasteiger partial charge in [0.25, 0.3) is 11.8 Å². The molecule has 0 aliphatic carbocycles. The summed E-state index contributed by atoms with van der Waals surface area (Å²) < 4.78 is 1.94. The van der Waals surface area contributed by atoms with Gasteiger partial charge < -0.3 is 20.9 Å². The molecule has 2 fully saturated rings. The average Bonchev–Trinajstić information content (AvgIpc) is 3.93. The maximum atomic E-state index is 13.7. The fraction of sp³-hybridized carbons (Fsp3) is 0.317. The van der Waals surface area contributed by atoms with Gasteiger partial charge in [0.05, 0.1) is 6.04 Å². The Morgan fingerprint density at radius 1 is 0.929 bits per heavy atom. The third-order valence-electron chi connectivity index (χ3n) is 10.6. The fourth-order valence-electron chi connectivity index (χ4n) is 7.83. The number of nitrogens with one attached hydrogen (secondary N) is 2. The molecule has 2 saturated heterocycles. The van der Waals surface area contributed by atoms with Crippen molar-refractivity contribution in [3.05, 3.63) is 102 Å². The summed E-state index contributed by atoms with van der Waals surface area (Å²) in [5, 5.41) is 5.16. The second kappa shape index (κ2) is 15.9. The van der Waals surface area contributed by atoms with Crippen LogP contribution in [0.25, 0.3) is 16.8 Å². The van der Waals surface area contributed by atoms with E-state index in [1.165, 1.54) is 0 Å². The molecule has 5 aromatic rings. The second-order valence-electron chi connectivity index (χ2n) is 14.2. The molecule has 3 aromatic heterocycles. The van der Waals surface area contributed by atoms with E-state index in [0.717, 1.165) is 59.7 Å². The Labute approximate surface area is 327 Å². The number of carbonyl (C=O) groups excluding carboxylic acids is 5. The number of thioether (sulfide) groups is 1. The van der Waals surface area contributed by atoms with Gasteiger partial charge in [-0.1, -0.05) is 30.7 Å². The van der Waals surface area contributed by atoms with Crippen LogP contribution in [0.2, 0.25) is 0 Å². The van der Waals surface area contributed by atoms with Crippen LogP contribution >= 0.6 is 11.8 Å². The van der Waals surface area contributed by atoms with E-state index in [1.54, 1.807) is 65.5 Å². The van der Waals surface area contributed by atoms with Crippen molar-refractivity contribution in [3.8, 4) is 11.3 Å². The first-order valence-electron chi connectivity index (χ1n) is 18.9. The molecule has 8 rings (SSSR count). The van der Waals surface area contributed by atoms with Crippen molar-refractivity contribution >= 4 is 58.5 Å². The predicted octanol–water partition coefficient (Wildman–Crippen LogP) is 5.40. The first-order valence-corrected chi connectivity index (χ1v) is 19.9. The zero-order valence-electron chi connectivity index (χ0n) is 30.6. The lowest BCUT2D eigenvalue weighted by atomic mass is 10.0. The maximum Gasteiger partial charge on any atom is 0.256 e. The number of rotatable bonds is 12. The number of fused-ring (bicyclic) bond motifs is 2. The number of imide groups is 1. The van der Waals surface area contributed by atoms with Crippen molar-refractivity contribution in [2.45, 2.75) is 74.9 Å². The third kappa shape index (κ3) is 7.33. The van der Waals surface area contributed by atoms with Crippen LogP contribution in [0.5, 0.6) is 0 Å². The molecule has 2 atom stereocenters. The number of imidazole rings is 1. The molecule has 0 spiro atoms. The highest BCUT2D eigenvalue weighted by molar-refractivity contribution is 7.99. The smallest absolute Gasteiger partial charge is 0.256 e. The summed E-state index contributed by atoms with van der Waals surface area (Å²) in [5.41, 5.74) is 10.5. The summed E-state index contributed by atoms with van der Waals surface area (Å²) in [6, 6.07) is 17.3. The van der Waals surface area contributed by atoms with Crippen LogP contribution in [0.4, 0.5) is 11.6 Å². The highest BCUT2D eigenvalue weighted by Gasteiger charge is 2.40. The predicted molar refractivity (Wildman–Crippen MR) is 210 cm³/mol. The van der Waals surface area contributed by atoms with Crippen molar-refractivity contribution < 1.29 is 24.0 Å². The lowest BCUT2D eigenvalue weighted by Crippen LogP contribution is -2.52. The number of benzene rings is 2. The van der Waals surface area contributed by atoms with Crippen LogP contribution < -0.4 is 16.4 Å². The number of hydrogen-bond donors (Lipinski definition) is 3. The maximum absolute atomic E-state index is 13.7. The molecule has 1 unspecified atom stereocenters. The van der Waals surface area contributed by atoms with Crippen molar-refractivity contribution in [2.75, 3.05) is 23.3 Å². The van der Waals surface area contributed by atoms with Gasteiger partial charge in [0.2, 0.25) is 17.7 Å². The van der Waals surface area contributed by atoms with Crippen molar-refractivity contribution in [1.29, 1.82) is 0 Å². The second-order valence-corrected chi connectivity index (χ2v) is 15.3. The summed E-state index contributed by atoms with van der Waals surface area (Å²) in [6.45, 7) is 1.00. The SMILES string of the molecule is Nc1nccn2c([C@@H]3CCCN3C(=O)CCCCCSc3cccc4c3CN(C3CCC(=O)NC3=O)C4=O)nc(-c3ccc(C(=O)Nc4ccccn4)cc3)c12. The molecule has 56 heavy (non-hydrogen) atoms. The first kappa shape index (κ1) is 36.9. The quantitative estimate of drug-likeness (QED) is 0.0843. The van der Waals surface area contributed by atoms with Crippen LogP contribution in [0.3, 0.4) is 0 Å². The van der Waals surface area contributed by atoms with Crippen LogP contribution in [-0.4, -0.2) is 77.0 Å². The monoisotopic (exact) mass is 771 g/mol. The number of piperidine rings is 1. The Bertz CT molecular complexity index is 2330.